The highest BCUT2D eigenvalue weighted by Gasteiger charge is 2.16. The molecule has 3 aromatic rings. The molecule has 0 radical (unpaired) electrons. The van der Waals surface area contributed by atoms with Crippen LogP contribution in [0.5, 0.6) is 0 Å². The number of hydrogen-bond acceptors (Lipinski definition) is 7. The number of anilines is 1. The number of thioether (sulfide) groups is 1. The molecule has 0 aliphatic rings. The zero-order valence-corrected chi connectivity index (χ0v) is 16.6. The second-order valence-corrected chi connectivity index (χ2v) is 8.61. The van der Waals surface area contributed by atoms with Crippen LogP contribution >= 0.6 is 34.4 Å². The standard InChI is InChI=1S/C17H16N4O2S3/c1-9-3-5-11(6-4-9)15-20-12(7-24-15)14(23)21-17-19-10(2)16(26-17)25-8-13(18)22/h3-7H,8H2,1-2H3,(H2,18,22)(H,19,21,23). The number of benzene rings is 1. The smallest absolute Gasteiger partial charge is 0.276 e. The third kappa shape index (κ3) is 4.48. The molecule has 2 heterocycles. The molecule has 0 aliphatic carbocycles. The molecule has 2 aromatic heterocycles. The summed E-state index contributed by atoms with van der Waals surface area (Å²) in [6.45, 7) is 3.85. The predicted octanol–water partition coefficient (Wildman–Crippen LogP) is 3.71. The Kier molecular flexibility index (Phi) is 5.70. The molecular weight excluding hydrogens is 388 g/mol. The highest BCUT2D eigenvalue weighted by atomic mass is 32.2. The summed E-state index contributed by atoms with van der Waals surface area (Å²) in [5.74, 6) is -0.512. The lowest BCUT2D eigenvalue weighted by atomic mass is 10.2. The molecule has 0 atom stereocenters. The van der Waals surface area contributed by atoms with E-state index >= 15 is 0 Å². The van der Waals surface area contributed by atoms with Crippen LogP contribution in [0.2, 0.25) is 0 Å². The summed E-state index contributed by atoms with van der Waals surface area (Å²) in [6, 6.07) is 8.00. The molecule has 6 nitrogen and oxygen atoms in total. The molecule has 0 saturated carbocycles. The topological polar surface area (TPSA) is 98.0 Å². The molecule has 1 aromatic carbocycles. The first-order chi connectivity index (χ1) is 12.4. The van der Waals surface area contributed by atoms with Gasteiger partial charge in [-0.1, -0.05) is 41.2 Å². The maximum absolute atomic E-state index is 12.4. The Morgan fingerprint density at radius 3 is 2.62 bits per heavy atom. The van der Waals surface area contributed by atoms with Gasteiger partial charge >= 0.3 is 0 Å². The van der Waals surface area contributed by atoms with Crippen LogP contribution in [-0.2, 0) is 4.79 Å². The van der Waals surface area contributed by atoms with Crippen LogP contribution in [0.4, 0.5) is 5.13 Å². The van der Waals surface area contributed by atoms with Crippen molar-refractivity contribution in [1.29, 1.82) is 0 Å². The van der Waals surface area contributed by atoms with Crippen molar-refractivity contribution in [3.8, 4) is 10.6 Å². The van der Waals surface area contributed by atoms with Crippen molar-refractivity contribution < 1.29 is 9.59 Å². The van der Waals surface area contributed by atoms with Gasteiger partial charge in [-0.05, 0) is 13.8 Å². The largest absolute Gasteiger partial charge is 0.369 e. The number of amides is 2. The van der Waals surface area contributed by atoms with E-state index in [0.717, 1.165) is 20.5 Å². The number of nitrogens with two attached hydrogens (primary N) is 1. The summed E-state index contributed by atoms with van der Waals surface area (Å²) in [6.07, 6.45) is 0. The maximum atomic E-state index is 12.4. The molecule has 0 spiro atoms. The Hall–Kier alpha value is -2.23. The molecule has 0 bridgehead atoms. The van der Waals surface area contributed by atoms with Crippen LogP contribution in [-0.4, -0.2) is 27.5 Å². The number of carbonyl (C=O) groups is 2. The molecule has 0 fully saturated rings. The summed E-state index contributed by atoms with van der Waals surface area (Å²) < 4.78 is 0.859. The van der Waals surface area contributed by atoms with Gasteiger partial charge in [-0.25, -0.2) is 9.97 Å². The third-order valence-corrected chi connectivity index (χ3v) is 6.70. The van der Waals surface area contributed by atoms with E-state index in [1.165, 1.54) is 40.0 Å². The van der Waals surface area contributed by atoms with Crippen molar-refractivity contribution in [3.63, 3.8) is 0 Å². The summed E-state index contributed by atoms with van der Waals surface area (Å²) in [5, 5.41) is 5.76. The van der Waals surface area contributed by atoms with E-state index in [1.807, 2.05) is 38.1 Å². The molecule has 3 N–H and O–H groups in total. The summed E-state index contributed by atoms with van der Waals surface area (Å²) >= 11 is 4.06. The van der Waals surface area contributed by atoms with Gasteiger partial charge in [0.05, 0.1) is 15.7 Å². The van der Waals surface area contributed by atoms with E-state index in [1.54, 1.807) is 5.38 Å². The highest BCUT2D eigenvalue weighted by molar-refractivity contribution is 8.01. The van der Waals surface area contributed by atoms with Crippen LogP contribution in [0.15, 0.2) is 33.9 Å². The first kappa shape index (κ1) is 18.6. The quantitative estimate of drug-likeness (QED) is 0.610. The minimum Gasteiger partial charge on any atom is -0.369 e. The average Bonchev–Trinajstić information content (AvgIpc) is 3.21. The fourth-order valence-corrected chi connectivity index (χ4v) is 4.75. The van der Waals surface area contributed by atoms with Crippen LogP contribution in [0.25, 0.3) is 10.6 Å². The lowest BCUT2D eigenvalue weighted by Crippen LogP contribution is -2.12. The van der Waals surface area contributed by atoms with Crippen LogP contribution in [0.1, 0.15) is 21.7 Å². The van der Waals surface area contributed by atoms with Gasteiger partial charge in [0.1, 0.15) is 10.7 Å². The minimum atomic E-state index is -0.389. The van der Waals surface area contributed by atoms with Gasteiger partial charge < -0.3 is 5.73 Å². The normalized spacial score (nSPS) is 10.7. The van der Waals surface area contributed by atoms with Crippen molar-refractivity contribution in [3.05, 3.63) is 46.6 Å². The number of carbonyl (C=O) groups excluding carboxylic acids is 2. The van der Waals surface area contributed by atoms with E-state index < -0.39 is 0 Å². The third-order valence-electron chi connectivity index (χ3n) is 3.36. The Balaban J connectivity index is 1.70. The first-order valence-electron chi connectivity index (χ1n) is 7.65. The number of aromatic nitrogens is 2. The Labute approximate surface area is 162 Å². The Morgan fingerprint density at radius 2 is 1.92 bits per heavy atom. The van der Waals surface area contributed by atoms with Crippen molar-refractivity contribution in [2.45, 2.75) is 18.1 Å². The Morgan fingerprint density at radius 1 is 1.19 bits per heavy atom. The van der Waals surface area contributed by atoms with E-state index in [2.05, 4.69) is 15.3 Å². The predicted molar refractivity (Wildman–Crippen MR) is 107 cm³/mol. The summed E-state index contributed by atoms with van der Waals surface area (Å²) in [4.78, 5) is 32.0. The summed E-state index contributed by atoms with van der Waals surface area (Å²) in [5.41, 5.74) is 8.43. The van der Waals surface area contributed by atoms with Gasteiger partial charge in [0.25, 0.3) is 5.91 Å². The van der Waals surface area contributed by atoms with E-state index in [4.69, 9.17) is 5.73 Å². The van der Waals surface area contributed by atoms with Gasteiger partial charge in [-0.3, -0.25) is 14.9 Å². The zero-order chi connectivity index (χ0) is 18.7. The molecule has 134 valence electrons. The van der Waals surface area contributed by atoms with E-state index in [0.29, 0.717) is 10.8 Å². The molecule has 0 saturated heterocycles. The fourth-order valence-electron chi connectivity index (χ4n) is 2.07. The molecule has 0 aliphatic heterocycles. The SMILES string of the molecule is Cc1ccc(-c2nc(C(=O)Nc3nc(C)c(SCC(N)=O)s3)cs2)cc1. The second kappa shape index (κ2) is 7.98. The van der Waals surface area contributed by atoms with Gasteiger partial charge in [-0.15, -0.1) is 23.1 Å². The van der Waals surface area contributed by atoms with Crippen molar-refractivity contribution in [1.82, 2.24) is 9.97 Å². The monoisotopic (exact) mass is 404 g/mol. The van der Waals surface area contributed by atoms with E-state index in [-0.39, 0.29) is 17.6 Å². The van der Waals surface area contributed by atoms with Gasteiger partial charge in [0, 0.05) is 10.9 Å². The number of hydrogen-bond donors (Lipinski definition) is 2. The number of nitrogens with one attached hydrogen (secondary N) is 1. The van der Waals surface area contributed by atoms with Gasteiger partial charge in [0.15, 0.2) is 5.13 Å². The zero-order valence-electron chi connectivity index (χ0n) is 14.1. The lowest BCUT2D eigenvalue weighted by molar-refractivity contribution is -0.115. The molecular formula is C17H16N4O2S3. The average molecular weight is 405 g/mol. The first-order valence-corrected chi connectivity index (χ1v) is 10.3. The number of primary amides is 1. The van der Waals surface area contributed by atoms with Crippen molar-refractivity contribution in [2.24, 2.45) is 5.73 Å². The van der Waals surface area contributed by atoms with Crippen molar-refractivity contribution >= 4 is 51.4 Å². The fraction of sp³-hybridized carbons (Fsp3) is 0.176. The summed E-state index contributed by atoms with van der Waals surface area (Å²) in [7, 11) is 0. The molecule has 2 amide bonds. The maximum Gasteiger partial charge on any atom is 0.276 e. The van der Waals surface area contributed by atoms with Crippen molar-refractivity contribution in [2.75, 3.05) is 11.1 Å². The van der Waals surface area contributed by atoms with Gasteiger partial charge in [-0.2, -0.15) is 0 Å². The molecule has 3 rings (SSSR count). The molecule has 26 heavy (non-hydrogen) atoms. The van der Waals surface area contributed by atoms with Gasteiger partial charge in [0.2, 0.25) is 5.91 Å². The number of aryl methyl sites for hydroxylation is 2. The number of nitrogens with zero attached hydrogens (tertiary/aromatic N) is 2. The Bertz CT molecular complexity index is 947. The van der Waals surface area contributed by atoms with Crippen LogP contribution < -0.4 is 11.1 Å². The number of thiazole rings is 2. The highest BCUT2D eigenvalue weighted by Crippen LogP contribution is 2.32. The van der Waals surface area contributed by atoms with Crippen LogP contribution in [0.3, 0.4) is 0 Å². The lowest BCUT2D eigenvalue weighted by Gasteiger charge is -1.98. The number of rotatable bonds is 6. The second-order valence-electron chi connectivity index (χ2n) is 5.50. The molecule has 9 heteroatoms. The minimum absolute atomic E-state index is 0.183. The van der Waals surface area contributed by atoms with E-state index in [9.17, 15) is 9.59 Å². The van der Waals surface area contributed by atoms with Crippen LogP contribution in [0, 0.1) is 13.8 Å². The molecule has 0 unspecified atom stereocenters.